The molecule has 0 amide bonds. The smallest absolute Gasteiger partial charge is 0.0586 e. The fraction of sp³-hybridized carbons (Fsp3) is 0.667. The van der Waals surface area contributed by atoms with E-state index in [-0.39, 0.29) is 0 Å². The van der Waals surface area contributed by atoms with Crippen molar-refractivity contribution in [2.45, 2.75) is 51.6 Å². The zero-order valence-corrected chi connectivity index (χ0v) is 13.5. The summed E-state index contributed by atoms with van der Waals surface area (Å²) in [6.45, 7) is 7.98. The maximum absolute atomic E-state index is 9.45. The molecule has 1 aliphatic rings. The minimum absolute atomic E-state index is 0.303. The molecule has 3 heteroatoms. The summed E-state index contributed by atoms with van der Waals surface area (Å²) in [4.78, 5) is 2.46. The van der Waals surface area contributed by atoms with Crippen molar-refractivity contribution in [2.75, 3.05) is 26.2 Å². The number of aryl methyl sites for hydroxylation is 1. The normalized spacial score (nSPS) is 20.8. The molecule has 0 spiro atoms. The van der Waals surface area contributed by atoms with Gasteiger partial charge in [0.2, 0.25) is 0 Å². The quantitative estimate of drug-likeness (QED) is 0.773. The third kappa shape index (κ3) is 4.53. The molecule has 118 valence electrons. The van der Waals surface area contributed by atoms with Crippen LogP contribution in [0.2, 0.25) is 0 Å². The van der Waals surface area contributed by atoms with Crippen molar-refractivity contribution in [3.8, 4) is 0 Å². The SMILES string of the molecule is CCCNC(CCN1CCCC1CO)c1ccccc1C. The lowest BCUT2D eigenvalue weighted by Crippen LogP contribution is -2.35. The average Bonchev–Trinajstić information content (AvgIpc) is 2.96. The highest BCUT2D eigenvalue weighted by Crippen LogP contribution is 2.23. The Morgan fingerprint density at radius 3 is 2.90 bits per heavy atom. The first-order valence-corrected chi connectivity index (χ1v) is 8.40. The fourth-order valence-corrected chi connectivity index (χ4v) is 3.36. The molecule has 0 aromatic heterocycles. The largest absolute Gasteiger partial charge is 0.395 e. The van der Waals surface area contributed by atoms with Gasteiger partial charge in [0.1, 0.15) is 0 Å². The van der Waals surface area contributed by atoms with E-state index >= 15 is 0 Å². The molecule has 1 heterocycles. The van der Waals surface area contributed by atoms with Crippen LogP contribution in [0, 0.1) is 6.92 Å². The van der Waals surface area contributed by atoms with Crippen LogP contribution in [0.15, 0.2) is 24.3 Å². The molecule has 2 N–H and O–H groups in total. The molecule has 3 nitrogen and oxygen atoms in total. The van der Waals surface area contributed by atoms with Gasteiger partial charge in [0, 0.05) is 18.6 Å². The van der Waals surface area contributed by atoms with E-state index in [1.54, 1.807) is 0 Å². The second kappa shape index (κ2) is 8.52. The summed E-state index contributed by atoms with van der Waals surface area (Å²) in [5, 5.41) is 13.1. The molecule has 21 heavy (non-hydrogen) atoms. The van der Waals surface area contributed by atoms with E-state index in [9.17, 15) is 5.11 Å². The number of aliphatic hydroxyl groups excluding tert-OH is 1. The standard InChI is InChI=1S/C18H30N2O/c1-3-11-19-18(17-9-5-4-7-15(17)2)10-13-20-12-6-8-16(20)14-21/h4-5,7,9,16,18-19,21H,3,6,8,10-14H2,1-2H3. The Bertz CT molecular complexity index is 421. The monoisotopic (exact) mass is 290 g/mol. The van der Waals surface area contributed by atoms with Crippen molar-refractivity contribution in [1.29, 1.82) is 0 Å². The molecule has 1 aromatic carbocycles. The molecule has 0 radical (unpaired) electrons. The molecule has 2 atom stereocenters. The predicted molar refractivity (Wildman–Crippen MR) is 88.5 cm³/mol. The van der Waals surface area contributed by atoms with Gasteiger partial charge in [0.05, 0.1) is 6.61 Å². The van der Waals surface area contributed by atoms with Crippen molar-refractivity contribution in [3.63, 3.8) is 0 Å². The van der Waals surface area contributed by atoms with E-state index in [2.05, 4.69) is 48.3 Å². The second-order valence-electron chi connectivity index (χ2n) is 6.17. The summed E-state index contributed by atoms with van der Waals surface area (Å²) in [5.41, 5.74) is 2.79. The fourth-order valence-electron chi connectivity index (χ4n) is 3.36. The van der Waals surface area contributed by atoms with Gasteiger partial charge in [-0.25, -0.2) is 0 Å². The summed E-state index contributed by atoms with van der Waals surface area (Å²) in [7, 11) is 0. The molecule has 2 rings (SSSR count). The van der Waals surface area contributed by atoms with Crippen LogP contribution in [0.3, 0.4) is 0 Å². The van der Waals surface area contributed by atoms with E-state index in [4.69, 9.17) is 0 Å². The van der Waals surface area contributed by atoms with Gasteiger partial charge in [-0.15, -0.1) is 0 Å². The predicted octanol–water partition coefficient (Wildman–Crippen LogP) is 2.88. The summed E-state index contributed by atoms with van der Waals surface area (Å²) in [6, 6.07) is 9.49. The van der Waals surface area contributed by atoms with Crippen molar-refractivity contribution in [1.82, 2.24) is 10.2 Å². The first kappa shape index (κ1) is 16.5. The molecule has 0 saturated carbocycles. The summed E-state index contributed by atoms with van der Waals surface area (Å²) in [6.07, 6.45) is 4.64. The Morgan fingerprint density at radius 1 is 1.38 bits per heavy atom. The molecular weight excluding hydrogens is 260 g/mol. The Kier molecular flexibility index (Phi) is 6.68. The molecule has 1 saturated heterocycles. The van der Waals surface area contributed by atoms with Gasteiger partial charge in [-0.05, 0) is 56.8 Å². The first-order valence-electron chi connectivity index (χ1n) is 8.40. The van der Waals surface area contributed by atoms with Crippen molar-refractivity contribution in [3.05, 3.63) is 35.4 Å². The molecule has 1 aromatic rings. The van der Waals surface area contributed by atoms with Crippen molar-refractivity contribution < 1.29 is 5.11 Å². The topological polar surface area (TPSA) is 35.5 Å². The van der Waals surface area contributed by atoms with Gasteiger partial charge in [-0.2, -0.15) is 0 Å². The number of hydrogen-bond donors (Lipinski definition) is 2. The Balaban J connectivity index is 1.98. The van der Waals surface area contributed by atoms with Crippen LogP contribution in [0.1, 0.15) is 49.8 Å². The third-order valence-electron chi connectivity index (χ3n) is 4.62. The minimum atomic E-state index is 0.303. The van der Waals surface area contributed by atoms with E-state index in [0.717, 1.165) is 38.9 Å². The van der Waals surface area contributed by atoms with Crippen LogP contribution in [0.5, 0.6) is 0 Å². The number of rotatable bonds is 8. The van der Waals surface area contributed by atoms with Gasteiger partial charge in [0.15, 0.2) is 0 Å². The maximum atomic E-state index is 9.45. The number of benzene rings is 1. The zero-order valence-electron chi connectivity index (χ0n) is 13.5. The van der Waals surface area contributed by atoms with Crippen molar-refractivity contribution in [2.24, 2.45) is 0 Å². The average molecular weight is 290 g/mol. The molecular formula is C18H30N2O. The van der Waals surface area contributed by atoms with Gasteiger partial charge in [0.25, 0.3) is 0 Å². The van der Waals surface area contributed by atoms with Crippen molar-refractivity contribution >= 4 is 0 Å². The van der Waals surface area contributed by atoms with Gasteiger partial charge >= 0.3 is 0 Å². The first-order chi connectivity index (χ1) is 10.3. The lowest BCUT2D eigenvalue weighted by molar-refractivity contribution is 0.154. The summed E-state index contributed by atoms with van der Waals surface area (Å²) < 4.78 is 0. The number of likely N-dealkylation sites (tertiary alicyclic amines) is 1. The van der Waals surface area contributed by atoms with E-state index in [1.807, 2.05) is 0 Å². The highest BCUT2D eigenvalue weighted by Gasteiger charge is 2.24. The molecule has 2 unspecified atom stereocenters. The number of hydrogen-bond acceptors (Lipinski definition) is 3. The van der Waals surface area contributed by atoms with Crippen LogP contribution >= 0.6 is 0 Å². The van der Waals surface area contributed by atoms with Gasteiger partial charge in [-0.1, -0.05) is 31.2 Å². The molecule has 1 aliphatic heterocycles. The Hall–Kier alpha value is -0.900. The lowest BCUT2D eigenvalue weighted by Gasteiger charge is -2.27. The van der Waals surface area contributed by atoms with Gasteiger partial charge in [-0.3, -0.25) is 4.90 Å². The number of nitrogens with one attached hydrogen (secondary N) is 1. The van der Waals surface area contributed by atoms with Crippen LogP contribution < -0.4 is 5.32 Å². The summed E-state index contributed by atoms with van der Waals surface area (Å²) in [5.74, 6) is 0. The highest BCUT2D eigenvalue weighted by atomic mass is 16.3. The third-order valence-corrected chi connectivity index (χ3v) is 4.62. The number of aliphatic hydroxyl groups is 1. The maximum Gasteiger partial charge on any atom is 0.0586 e. The van der Waals surface area contributed by atoms with Crippen LogP contribution in [-0.2, 0) is 0 Å². The van der Waals surface area contributed by atoms with E-state index in [0.29, 0.717) is 18.7 Å². The van der Waals surface area contributed by atoms with Crippen LogP contribution in [0.25, 0.3) is 0 Å². The Morgan fingerprint density at radius 2 is 2.19 bits per heavy atom. The van der Waals surface area contributed by atoms with Gasteiger partial charge < -0.3 is 10.4 Å². The van der Waals surface area contributed by atoms with E-state index < -0.39 is 0 Å². The van der Waals surface area contributed by atoms with E-state index in [1.165, 1.54) is 17.5 Å². The molecule has 1 fully saturated rings. The van der Waals surface area contributed by atoms with Crippen LogP contribution in [-0.4, -0.2) is 42.3 Å². The molecule has 0 bridgehead atoms. The second-order valence-corrected chi connectivity index (χ2v) is 6.17. The molecule has 0 aliphatic carbocycles. The zero-order chi connectivity index (χ0) is 15.1. The minimum Gasteiger partial charge on any atom is -0.395 e. The number of nitrogens with zero attached hydrogens (tertiary/aromatic N) is 1. The Labute approximate surface area is 129 Å². The summed E-state index contributed by atoms with van der Waals surface area (Å²) >= 11 is 0. The highest BCUT2D eigenvalue weighted by molar-refractivity contribution is 5.28. The lowest BCUT2D eigenvalue weighted by atomic mass is 9.98. The van der Waals surface area contributed by atoms with Crippen LogP contribution in [0.4, 0.5) is 0 Å².